The number of nitrogens with zero attached hydrogens (tertiary/aromatic N) is 1. The number of hydrogen-bond acceptors (Lipinski definition) is 6. The summed E-state index contributed by atoms with van der Waals surface area (Å²) >= 11 is 0. The minimum Gasteiger partial charge on any atom is -0.396 e. The highest BCUT2D eigenvalue weighted by Crippen LogP contribution is 2.59. The van der Waals surface area contributed by atoms with Crippen molar-refractivity contribution < 1.29 is 23.8 Å². The zero-order valence-corrected chi connectivity index (χ0v) is 29.9. The molecule has 0 aromatic carbocycles. The van der Waals surface area contributed by atoms with Crippen molar-refractivity contribution in [3.05, 3.63) is 0 Å². The highest BCUT2D eigenvalue weighted by atomic mass is 16.7. The predicted molar refractivity (Wildman–Crippen MR) is 177 cm³/mol. The summed E-state index contributed by atoms with van der Waals surface area (Å²) in [4.78, 5) is 6.16. The van der Waals surface area contributed by atoms with Crippen LogP contribution in [0.3, 0.4) is 0 Å². The molecule has 256 valence electrons. The van der Waals surface area contributed by atoms with Gasteiger partial charge in [-0.05, 0) is 116 Å². The van der Waals surface area contributed by atoms with Gasteiger partial charge >= 0.3 is 0 Å². The third-order valence-corrected chi connectivity index (χ3v) is 14.8. The summed E-state index contributed by atoms with van der Waals surface area (Å²) < 4.78 is 28.8. The van der Waals surface area contributed by atoms with Gasteiger partial charge < -0.3 is 23.8 Å². The Bertz CT molecular complexity index is 1060. The Morgan fingerprint density at radius 2 is 1.27 bits per heavy atom. The van der Waals surface area contributed by atoms with E-state index >= 15 is 0 Å². The molecule has 2 saturated carbocycles. The van der Waals surface area contributed by atoms with Crippen LogP contribution in [-0.4, -0.2) is 49.3 Å². The third kappa shape index (κ3) is 5.86. The molecule has 5 saturated heterocycles. The molecule has 5 aliphatic heterocycles. The van der Waals surface area contributed by atoms with Crippen LogP contribution in [0, 0.1) is 82.9 Å². The van der Waals surface area contributed by atoms with Gasteiger partial charge in [0.15, 0.2) is 12.6 Å². The van der Waals surface area contributed by atoms with E-state index < -0.39 is 0 Å². The maximum atomic E-state index is 7.44. The maximum Gasteiger partial charge on any atom is 0.161 e. The summed E-state index contributed by atoms with van der Waals surface area (Å²) in [6, 6.07) is 0. The van der Waals surface area contributed by atoms with Crippen molar-refractivity contribution in [1.29, 1.82) is 0 Å². The number of hydrogen-bond donors (Lipinski definition) is 0. The molecule has 9 bridgehead atoms. The fourth-order valence-corrected chi connectivity index (χ4v) is 12.3. The van der Waals surface area contributed by atoms with Crippen LogP contribution in [0.1, 0.15) is 114 Å². The van der Waals surface area contributed by atoms with E-state index in [9.17, 15) is 0 Å². The summed E-state index contributed by atoms with van der Waals surface area (Å²) in [6.07, 6.45) is 9.38. The Labute approximate surface area is 274 Å². The number of rotatable bonds is 3. The average Bonchev–Trinajstić information content (AvgIpc) is 3.16. The van der Waals surface area contributed by atoms with E-state index in [4.69, 9.17) is 28.9 Å². The first kappa shape index (κ1) is 32.8. The molecule has 0 N–H and O–H groups in total. The molecule has 0 aromatic heterocycles. The van der Waals surface area contributed by atoms with Crippen molar-refractivity contribution in [2.45, 2.75) is 151 Å². The van der Waals surface area contributed by atoms with Gasteiger partial charge in [0.1, 0.15) is 12.7 Å². The van der Waals surface area contributed by atoms with Gasteiger partial charge in [-0.1, -0.05) is 67.0 Å². The highest BCUT2D eigenvalue weighted by Gasteiger charge is 2.58. The average molecular weight is 628 g/mol. The van der Waals surface area contributed by atoms with Crippen LogP contribution >= 0.6 is 0 Å². The number of fused-ring (bicyclic) bond motifs is 6. The van der Waals surface area contributed by atoms with Crippen molar-refractivity contribution in [1.82, 2.24) is 0 Å². The summed E-state index contributed by atoms with van der Waals surface area (Å²) in [5.74, 6) is 7.74. The van der Waals surface area contributed by atoms with E-state index in [1.165, 1.54) is 38.5 Å². The predicted octanol–water partition coefficient (Wildman–Crippen LogP) is 8.57. The van der Waals surface area contributed by atoms with Crippen molar-refractivity contribution in [2.24, 2.45) is 88.0 Å². The van der Waals surface area contributed by atoms with Crippen molar-refractivity contribution in [3.63, 3.8) is 0 Å². The standard InChI is InChI=1S/C39H65NO5/c1-19(2)18-41-40-32-17-34-23(6)31-16-30(22(5)28-13-11-21(4)42-38(44-34)26(9)36(28)31)33-15-14-27-20(3)10-12-29-24(7)37(32)45-39(43-33)25(8)35(27)29/h19-31,33-39H,10-18H2,1-9H3. The maximum absolute atomic E-state index is 7.44. The van der Waals surface area contributed by atoms with Gasteiger partial charge in [-0.3, -0.25) is 0 Å². The Hall–Kier alpha value is -0.690. The second-order valence-corrected chi connectivity index (χ2v) is 17.8. The molecule has 19 unspecified atom stereocenters. The summed E-state index contributed by atoms with van der Waals surface area (Å²) in [5.41, 5.74) is 1.04. The lowest BCUT2D eigenvalue weighted by molar-refractivity contribution is -0.242. The lowest BCUT2D eigenvalue weighted by Gasteiger charge is -2.54. The summed E-state index contributed by atoms with van der Waals surface area (Å²) in [6.45, 7) is 22.2. The molecule has 6 nitrogen and oxygen atoms in total. The smallest absolute Gasteiger partial charge is 0.161 e. The van der Waals surface area contributed by atoms with E-state index in [0.29, 0.717) is 77.6 Å². The van der Waals surface area contributed by atoms with Gasteiger partial charge in [0.2, 0.25) is 0 Å². The van der Waals surface area contributed by atoms with Crippen LogP contribution in [0.25, 0.3) is 0 Å². The van der Waals surface area contributed by atoms with E-state index in [-0.39, 0.29) is 37.0 Å². The lowest BCUT2D eigenvalue weighted by atomic mass is 9.53. The first-order valence-electron chi connectivity index (χ1n) is 19.3. The zero-order chi connectivity index (χ0) is 31.7. The highest BCUT2D eigenvalue weighted by molar-refractivity contribution is 5.89. The number of ether oxygens (including phenoxy) is 4. The van der Waals surface area contributed by atoms with Crippen LogP contribution in [-0.2, 0) is 23.8 Å². The van der Waals surface area contributed by atoms with Gasteiger partial charge in [-0.15, -0.1) is 0 Å². The second kappa shape index (κ2) is 13.0. The monoisotopic (exact) mass is 627 g/mol. The van der Waals surface area contributed by atoms with Crippen LogP contribution in [0.5, 0.6) is 0 Å². The Balaban J connectivity index is 1.38. The summed E-state index contributed by atoms with van der Waals surface area (Å²) in [5, 5.41) is 5.02. The molecule has 7 fully saturated rings. The van der Waals surface area contributed by atoms with E-state index in [0.717, 1.165) is 30.4 Å². The van der Waals surface area contributed by atoms with Gasteiger partial charge in [0.25, 0.3) is 0 Å². The van der Waals surface area contributed by atoms with Crippen LogP contribution in [0.2, 0.25) is 0 Å². The molecule has 5 heterocycles. The van der Waals surface area contributed by atoms with Crippen LogP contribution in [0.15, 0.2) is 5.16 Å². The van der Waals surface area contributed by atoms with E-state index in [1.807, 2.05) is 0 Å². The van der Waals surface area contributed by atoms with Gasteiger partial charge in [-0.25, -0.2) is 0 Å². The normalized spacial score (nSPS) is 55.6. The molecule has 19 atom stereocenters. The summed E-state index contributed by atoms with van der Waals surface area (Å²) in [7, 11) is 0. The molecular weight excluding hydrogens is 562 g/mol. The fraction of sp³-hybridized carbons (Fsp3) is 0.974. The van der Waals surface area contributed by atoms with E-state index in [2.05, 4.69) is 62.3 Å². The Morgan fingerprint density at radius 3 is 2.02 bits per heavy atom. The molecular formula is C39H65NO5. The molecule has 0 radical (unpaired) electrons. The molecule has 0 amide bonds. The minimum atomic E-state index is -0.199. The van der Waals surface area contributed by atoms with Crippen molar-refractivity contribution in [3.8, 4) is 0 Å². The largest absolute Gasteiger partial charge is 0.396 e. The van der Waals surface area contributed by atoms with Crippen LogP contribution < -0.4 is 0 Å². The van der Waals surface area contributed by atoms with Crippen molar-refractivity contribution >= 4 is 5.71 Å². The first-order chi connectivity index (χ1) is 21.5. The van der Waals surface area contributed by atoms with Gasteiger partial charge in [-0.2, -0.15) is 0 Å². The zero-order valence-electron chi connectivity index (χ0n) is 29.9. The topological polar surface area (TPSA) is 58.5 Å². The quantitative estimate of drug-likeness (QED) is 0.294. The van der Waals surface area contributed by atoms with Gasteiger partial charge in [0, 0.05) is 18.3 Å². The minimum absolute atomic E-state index is 0.0302. The fourth-order valence-electron chi connectivity index (χ4n) is 12.3. The molecule has 0 spiro atoms. The van der Waals surface area contributed by atoms with Crippen molar-refractivity contribution in [2.75, 3.05) is 6.61 Å². The lowest BCUT2D eigenvalue weighted by Crippen LogP contribution is -2.52. The van der Waals surface area contributed by atoms with Crippen LogP contribution in [0.4, 0.5) is 0 Å². The van der Waals surface area contributed by atoms with E-state index in [1.54, 1.807) is 0 Å². The first-order valence-corrected chi connectivity index (χ1v) is 19.3. The SMILES string of the molecule is CC(C)CON=C1CC2OC3OC(C)CCC4C(C)C(CC(C2C)C4C3C)C2CCC3C(C)CCC4C(C)C1OC(O2)C(C)C34. The molecule has 0 aromatic rings. The second-order valence-electron chi connectivity index (χ2n) is 17.8. The van der Waals surface area contributed by atoms with Gasteiger partial charge in [0.05, 0.1) is 24.0 Å². The molecule has 7 rings (SSSR count). The molecule has 6 heteroatoms. The molecule has 2 aliphatic carbocycles. The molecule has 45 heavy (non-hydrogen) atoms. The third-order valence-electron chi connectivity index (χ3n) is 14.8. The number of oxime groups is 1. The Morgan fingerprint density at radius 1 is 0.622 bits per heavy atom. The Kier molecular flexibility index (Phi) is 9.47. The molecule has 7 aliphatic rings.